The highest BCUT2D eigenvalue weighted by molar-refractivity contribution is 5.42. The van der Waals surface area contributed by atoms with Gasteiger partial charge in [-0.05, 0) is 38.5 Å². The fraction of sp³-hybridized carbons (Fsp3) is 0.667. The van der Waals surface area contributed by atoms with E-state index in [0.29, 0.717) is 17.9 Å². The van der Waals surface area contributed by atoms with Crippen LogP contribution >= 0.6 is 0 Å². The Hall–Kier alpha value is -1.20. The predicted octanol–water partition coefficient (Wildman–Crippen LogP) is 1.86. The molecule has 0 spiro atoms. The summed E-state index contributed by atoms with van der Waals surface area (Å²) in [7, 11) is 1.92. The largest absolute Gasteiger partial charge is 0.356 e. The van der Waals surface area contributed by atoms with E-state index >= 15 is 0 Å². The van der Waals surface area contributed by atoms with Gasteiger partial charge in [0.1, 0.15) is 0 Å². The molecule has 0 unspecified atom stereocenters. The number of nitrogens with zero attached hydrogens (tertiary/aromatic N) is 3. The summed E-state index contributed by atoms with van der Waals surface area (Å²) in [6.07, 6.45) is 4.26. The first kappa shape index (κ1) is 15.2. The van der Waals surface area contributed by atoms with Crippen LogP contribution in [0.1, 0.15) is 25.3 Å². The lowest BCUT2D eigenvalue weighted by Gasteiger charge is -2.23. The second kappa shape index (κ2) is 7.55. The molecule has 2 heterocycles. The molecular formula is C15H25FN4. The van der Waals surface area contributed by atoms with Crippen LogP contribution in [0.25, 0.3) is 0 Å². The molecule has 5 heteroatoms. The molecular weight excluding hydrogens is 255 g/mol. The number of aromatic nitrogens is 1. The summed E-state index contributed by atoms with van der Waals surface area (Å²) >= 11 is 0. The molecule has 1 aromatic rings. The minimum Gasteiger partial charge on any atom is -0.356 e. The van der Waals surface area contributed by atoms with Gasteiger partial charge in [-0.1, -0.05) is 6.92 Å². The van der Waals surface area contributed by atoms with Crippen LogP contribution < -0.4 is 10.2 Å². The first-order valence-corrected chi connectivity index (χ1v) is 7.50. The van der Waals surface area contributed by atoms with Crippen molar-refractivity contribution in [3.8, 4) is 0 Å². The molecule has 112 valence electrons. The summed E-state index contributed by atoms with van der Waals surface area (Å²) in [5, 5.41) is 3.15. The Kier molecular flexibility index (Phi) is 5.73. The molecule has 20 heavy (non-hydrogen) atoms. The summed E-state index contributed by atoms with van der Waals surface area (Å²) in [6, 6.07) is 1.75. The van der Waals surface area contributed by atoms with Crippen molar-refractivity contribution in [2.45, 2.75) is 26.3 Å². The molecule has 1 aliphatic rings. The Morgan fingerprint density at radius 3 is 2.85 bits per heavy atom. The van der Waals surface area contributed by atoms with Crippen LogP contribution in [0.5, 0.6) is 0 Å². The monoisotopic (exact) mass is 280 g/mol. The SMILES string of the molecule is CCNCc1ccnc(N(C)CCN2CCCC2)c1F. The van der Waals surface area contributed by atoms with Crippen molar-refractivity contribution in [1.29, 1.82) is 0 Å². The van der Waals surface area contributed by atoms with Gasteiger partial charge in [-0.2, -0.15) is 0 Å². The highest BCUT2D eigenvalue weighted by Crippen LogP contribution is 2.18. The van der Waals surface area contributed by atoms with Crippen LogP contribution in [0, 0.1) is 5.82 Å². The number of rotatable bonds is 7. The maximum atomic E-state index is 14.4. The zero-order valence-electron chi connectivity index (χ0n) is 12.5. The third-order valence-corrected chi connectivity index (χ3v) is 3.83. The summed E-state index contributed by atoms with van der Waals surface area (Å²) in [5.74, 6) is 0.261. The van der Waals surface area contributed by atoms with Crippen LogP contribution in [-0.4, -0.2) is 49.7 Å². The maximum Gasteiger partial charge on any atom is 0.170 e. The molecule has 0 bridgehead atoms. The Balaban J connectivity index is 1.95. The van der Waals surface area contributed by atoms with Crippen LogP contribution in [0.4, 0.5) is 10.2 Å². The molecule has 4 nitrogen and oxygen atoms in total. The van der Waals surface area contributed by atoms with Gasteiger partial charge in [-0.25, -0.2) is 9.37 Å². The maximum absolute atomic E-state index is 14.4. The van der Waals surface area contributed by atoms with Crippen LogP contribution in [0.15, 0.2) is 12.3 Å². The van der Waals surface area contributed by atoms with Crippen molar-refractivity contribution in [3.63, 3.8) is 0 Å². The molecule has 0 amide bonds. The van der Waals surface area contributed by atoms with Crippen molar-refractivity contribution < 1.29 is 4.39 Å². The van der Waals surface area contributed by atoms with Gasteiger partial charge in [0.05, 0.1) is 0 Å². The first-order valence-electron chi connectivity index (χ1n) is 7.50. The zero-order valence-corrected chi connectivity index (χ0v) is 12.5. The quantitative estimate of drug-likeness (QED) is 0.826. The minimum atomic E-state index is -0.197. The predicted molar refractivity (Wildman–Crippen MR) is 80.5 cm³/mol. The molecule has 1 aliphatic heterocycles. The van der Waals surface area contributed by atoms with Crippen molar-refractivity contribution in [2.75, 3.05) is 44.7 Å². The van der Waals surface area contributed by atoms with E-state index in [1.807, 2.05) is 18.9 Å². The van der Waals surface area contributed by atoms with Gasteiger partial charge in [-0.3, -0.25) is 0 Å². The number of likely N-dealkylation sites (tertiary alicyclic amines) is 1. The van der Waals surface area contributed by atoms with E-state index in [-0.39, 0.29) is 5.82 Å². The van der Waals surface area contributed by atoms with E-state index in [9.17, 15) is 4.39 Å². The first-order chi connectivity index (χ1) is 9.72. The molecule has 2 rings (SSSR count). The summed E-state index contributed by atoms with van der Waals surface area (Å²) in [4.78, 5) is 8.54. The van der Waals surface area contributed by atoms with E-state index < -0.39 is 0 Å². The molecule has 0 aliphatic carbocycles. The second-order valence-electron chi connectivity index (χ2n) is 5.36. The molecule has 1 N–H and O–H groups in total. The molecule has 0 atom stereocenters. The van der Waals surface area contributed by atoms with E-state index in [0.717, 1.165) is 19.6 Å². The van der Waals surface area contributed by atoms with Gasteiger partial charge in [0.15, 0.2) is 11.6 Å². The molecule has 1 saturated heterocycles. The number of pyridine rings is 1. The van der Waals surface area contributed by atoms with Crippen LogP contribution in [0.2, 0.25) is 0 Å². The highest BCUT2D eigenvalue weighted by Gasteiger charge is 2.16. The number of likely N-dealkylation sites (N-methyl/N-ethyl adjacent to an activating group) is 1. The number of nitrogens with one attached hydrogen (secondary N) is 1. The topological polar surface area (TPSA) is 31.4 Å². The van der Waals surface area contributed by atoms with E-state index in [1.165, 1.54) is 25.9 Å². The lowest BCUT2D eigenvalue weighted by molar-refractivity contribution is 0.346. The van der Waals surface area contributed by atoms with Gasteiger partial charge in [-0.15, -0.1) is 0 Å². The van der Waals surface area contributed by atoms with Crippen molar-refractivity contribution >= 4 is 5.82 Å². The van der Waals surface area contributed by atoms with Gasteiger partial charge < -0.3 is 15.1 Å². The van der Waals surface area contributed by atoms with E-state index in [1.54, 1.807) is 12.3 Å². The zero-order chi connectivity index (χ0) is 14.4. The third kappa shape index (κ3) is 3.90. The van der Waals surface area contributed by atoms with E-state index in [4.69, 9.17) is 0 Å². The molecule has 0 saturated carbocycles. The van der Waals surface area contributed by atoms with Crippen molar-refractivity contribution in [1.82, 2.24) is 15.2 Å². The molecule has 0 radical (unpaired) electrons. The van der Waals surface area contributed by atoms with Gasteiger partial charge in [0, 0.05) is 38.4 Å². The second-order valence-corrected chi connectivity index (χ2v) is 5.36. The molecule has 0 aromatic carbocycles. The van der Waals surface area contributed by atoms with Gasteiger partial charge >= 0.3 is 0 Å². The standard InChI is InChI=1S/C15H25FN4/c1-3-17-12-13-6-7-18-15(14(13)16)19(2)10-11-20-8-4-5-9-20/h6-7,17H,3-5,8-12H2,1-2H3. The summed E-state index contributed by atoms with van der Waals surface area (Å²) < 4.78 is 14.4. The number of hydrogen-bond donors (Lipinski definition) is 1. The Labute approximate surface area is 121 Å². The Morgan fingerprint density at radius 2 is 2.15 bits per heavy atom. The summed E-state index contributed by atoms with van der Waals surface area (Å²) in [6.45, 7) is 7.54. The number of anilines is 1. The minimum absolute atomic E-state index is 0.197. The van der Waals surface area contributed by atoms with Gasteiger partial charge in [0.2, 0.25) is 0 Å². The van der Waals surface area contributed by atoms with E-state index in [2.05, 4.69) is 15.2 Å². The highest BCUT2D eigenvalue weighted by atomic mass is 19.1. The average molecular weight is 280 g/mol. The number of halogens is 1. The number of hydrogen-bond acceptors (Lipinski definition) is 4. The average Bonchev–Trinajstić information content (AvgIpc) is 2.97. The third-order valence-electron chi connectivity index (χ3n) is 3.83. The van der Waals surface area contributed by atoms with Crippen LogP contribution in [0.3, 0.4) is 0 Å². The Morgan fingerprint density at radius 1 is 1.40 bits per heavy atom. The lowest BCUT2D eigenvalue weighted by Crippen LogP contribution is -2.32. The van der Waals surface area contributed by atoms with Crippen molar-refractivity contribution in [3.05, 3.63) is 23.6 Å². The smallest absolute Gasteiger partial charge is 0.170 e. The lowest BCUT2D eigenvalue weighted by atomic mass is 10.2. The van der Waals surface area contributed by atoms with Gasteiger partial charge in [0.25, 0.3) is 0 Å². The fourth-order valence-corrected chi connectivity index (χ4v) is 2.54. The fourth-order valence-electron chi connectivity index (χ4n) is 2.54. The Bertz CT molecular complexity index is 418. The summed E-state index contributed by atoms with van der Waals surface area (Å²) in [5.41, 5.74) is 0.685. The molecule has 1 aromatic heterocycles. The normalized spacial score (nSPS) is 15.8. The van der Waals surface area contributed by atoms with Crippen molar-refractivity contribution in [2.24, 2.45) is 0 Å². The van der Waals surface area contributed by atoms with Crippen LogP contribution in [-0.2, 0) is 6.54 Å². The molecule has 1 fully saturated rings.